The Kier molecular flexibility index (Phi) is 10.1. The average Bonchev–Trinajstić information content (AvgIpc) is 4.00. The van der Waals surface area contributed by atoms with Crippen molar-refractivity contribution in [2.45, 2.75) is 96.6 Å². The van der Waals surface area contributed by atoms with Crippen LogP contribution in [0.2, 0.25) is 0 Å². The van der Waals surface area contributed by atoms with E-state index in [2.05, 4.69) is 60.6 Å². The van der Waals surface area contributed by atoms with E-state index in [1.165, 1.54) is 29.7 Å². The standard InChI is InChI=1S/C53H57N11O8/c1-29-25-59(32-10-12-61-34(19-32)28-72-44-21-37-36(20-41(44)61)49(68)64(50(37)69)40-6-8-46(66)57-48(40)67)13-14-60(29)33-5-7-45(55-24-33)56-39-17-31(26-58(4)51(39)70)35-9-11-54-47(38(35)27-65)63-16-15-62-42(52(63)71)18-30-22-53(2,3)23-43(30)62/h5,7,9,11,17-18,20-21,24,26,29,32,34,40,65H,6,8,10,12-16,19,22-23,25,27-28H2,1-4H3,(H,55,56)(H,57,66,67)/t29-,32-,34+,40?/m0/s1/i4D3. The number of piperazine rings is 1. The average molecular weight is 979 g/mol. The zero-order valence-corrected chi connectivity index (χ0v) is 40.3. The quantitative estimate of drug-likeness (QED) is 0.188. The molecule has 372 valence electrons. The molecular weight excluding hydrogens is 919 g/mol. The van der Waals surface area contributed by atoms with E-state index in [9.17, 15) is 33.9 Å². The third-order valence-electron chi connectivity index (χ3n) is 15.9. The highest BCUT2D eigenvalue weighted by atomic mass is 16.5. The van der Waals surface area contributed by atoms with Crippen molar-refractivity contribution in [2.75, 3.05) is 59.3 Å². The molecule has 4 aromatic heterocycles. The molecular formula is C53H57N11O8. The molecule has 1 unspecified atom stereocenters. The fraction of sp³-hybridized carbons (Fsp3) is 0.434. The Balaban J connectivity index is 0.716. The second-order valence-corrected chi connectivity index (χ2v) is 21.0. The van der Waals surface area contributed by atoms with Gasteiger partial charge in [-0.25, -0.2) is 9.97 Å². The maximum atomic E-state index is 14.1. The van der Waals surface area contributed by atoms with Crippen LogP contribution in [0, 0.1) is 5.41 Å². The van der Waals surface area contributed by atoms with Gasteiger partial charge in [-0.2, -0.15) is 0 Å². The SMILES string of the molecule is [2H]C([2H])([2H])n1cc(-c2ccnc(N3CCn4c(cc5c4CC(C)(C)C5)C3=O)c2CO)cc(Nc2ccc(N3CCN([C@H]4CCN5c6cc7c(cc6OC[C@H]5C4)C(=O)N(C4CCC(=O)NC4=O)C7=O)C[C@@H]3C)cn2)c1=O. The number of carbonyl (C=O) groups excluding carboxylic acids is 5. The number of fused-ring (bicyclic) bond motifs is 7. The molecule has 3 fully saturated rings. The van der Waals surface area contributed by atoms with E-state index >= 15 is 0 Å². The summed E-state index contributed by atoms with van der Waals surface area (Å²) in [7, 11) is 0. The number of piperidine rings is 2. The number of aliphatic hydroxyl groups is 1. The lowest BCUT2D eigenvalue weighted by Crippen LogP contribution is -2.59. The summed E-state index contributed by atoms with van der Waals surface area (Å²) < 4.78 is 33.9. The van der Waals surface area contributed by atoms with Crippen LogP contribution in [0.15, 0.2) is 65.8 Å². The molecule has 72 heavy (non-hydrogen) atoms. The second kappa shape index (κ2) is 17.1. The fourth-order valence-corrected chi connectivity index (χ4v) is 12.4. The number of imide groups is 2. The normalized spacial score (nSPS) is 24.4. The van der Waals surface area contributed by atoms with Crippen LogP contribution in [0.5, 0.6) is 5.75 Å². The first-order chi connectivity index (χ1) is 35.8. The number of nitrogens with one attached hydrogen (secondary N) is 2. The number of anilines is 5. The molecule has 5 amide bonds. The molecule has 12 rings (SSSR count). The summed E-state index contributed by atoms with van der Waals surface area (Å²) in [6.45, 7) is 7.63. The van der Waals surface area contributed by atoms with Gasteiger partial charge < -0.3 is 34.1 Å². The van der Waals surface area contributed by atoms with E-state index in [0.717, 1.165) is 68.1 Å². The van der Waals surface area contributed by atoms with Crippen molar-refractivity contribution in [1.29, 1.82) is 0 Å². The molecule has 19 heteroatoms. The van der Waals surface area contributed by atoms with Crippen LogP contribution in [0.25, 0.3) is 11.1 Å². The topological polar surface area (TPSA) is 208 Å². The predicted octanol–water partition coefficient (Wildman–Crippen LogP) is 4.01. The van der Waals surface area contributed by atoms with Crippen LogP contribution in [0.4, 0.5) is 28.7 Å². The van der Waals surface area contributed by atoms with Gasteiger partial charge in [0.25, 0.3) is 23.3 Å². The molecule has 0 spiro atoms. The van der Waals surface area contributed by atoms with E-state index < -0.39 is 48.8 Å². The third kappa shape index (κ3) is 7.54. The van der Waals surface area contributed by atoms with Crippen molar-refractivity contribution in [3.05, 3.63) is 105 Å². The van der Waals surface area contributed by atoms with Crippen LogP contribution < -0.4 is 35.6 Å². The molecule has 10 heterocycles. The van der Waals surface area contributed by atoms with E-state index in [1.807, 2.05) is 12.1 Å². The number of carbonyl (C=O) groups is 5. The van der Waals surface area contributed by atoms with Crippen molar-refractivity contribution < 1.29 is 37.9 Å². The largest absolute Gasteiger partial charge is 0.489 e. The van der Waals surface area contributed by atoms with Gasteiger partial charge in [0.1, 0.15) is 41.4 Å². The fourth-order valence-electron chi connectivity index (χ4n) is 12.4. The highest BCUT2D eigenvalue weighted by Crippen LogP contribution is 2.44. The van der Waals surface area contributed by atoms with Crippen molar-refractivity contribution in [3.63, 3.8) is 0 Å². The first kappa shape index (κ1) is 42.3. The van der Waals surface area contributed by atoms with Gasteiger partial charge >= 0.3 is 0 Å². The Bertz CT molecular complexity index is 3320. The number of aryl methyl sites for hydroxylation is 1. The van der Waals surface area contributed by atoms with Crippen LogP contribution >= 0.6 is 0 Å². The zero-order chi connectivity index (χ0) is 52.4. The Hall–Kier alpha value is -7.38. The van der Waals surface area contributed by atoms with Crippen molar-refractivity contribution in [1.82, 2.24) is 34.2 Å². The highest BCUT2D eigenvalue weighted by molar-refractivity contribution is 6.24. The molecule has 0 radical (unpaired) electrons. The number of hydrogen-bond acceptors (Lipinski definition) is 14. The molecule has 0 bridgehead atoms. The van der Waals surface area contributed by atoms with Crippen molar-refractivity contribution in [3.8, 4) is 16.9 Å². The predicted molar refractivity (Wildman–Crippen MR) is 267 cm³/mol. The maximum absolute atomic E-state index is 14.1. The lowest BCUT2D eigenvalue weighted by molar-refractivity contribution is -0.136. The minimum atomic E-state index is -2.85. The summed E-state index contributed by atoms with van der Waals surface area (Å²) in [5.74, 6) is -1.30. The number of benzene rings is 1. The monoisotopic (exact) mass is 978 g/mol. The molecule has 5 aromatic rings. The van der Waals surface area contributed by atoms with Crippen LogP contribution in [0.1, 0.15) is 98.6 Å². The van der Waals surface area contributed by atoms with Gasteiger partial charge in [-0.15, -0.1) is 0 Å². The Morgan fingerprint density at radius 2 is 1.72 bits per heavy atom. The highest BCUT2D eigenvalue weighted by Gasteiger charge is 2.47. The molecule has 3 saturated heterocycles. The minimum absolute atomic E-state index is 0.0424. The molecule has 7 aliphatic rings. The van der Waals surface area contributed by atoms with Gasteiger partial charge in [-0.1, -0.05) is 13.8 Å². The minimum Gasteiger partial charge on any atom is -0.489 e. The molecule has 6 aliphatic heterocycles. The molecule has 4 atom stereocenters. The zero-order valence-electron chi connectivity index (χ0n) is 43.3. The van der Waals surface area contributed by atoms with Crippen LogP contribution in [0.3, 0.4) is 0 Å². The first-order valence-corrected chi connectivity index (χ1v) is 24.8. The Labute approximate surface area is 419 Å². The lowest BCUT2D eigenvalue weighted by Gasteiger charge is -2.50. The molecule has 0 saturated carbocycles. The summed E-state index contributed by atoms with van der Waals surface area (Å²) in [5.41, 5.74) is 5.35. The van der Waals surface area contributed by atoms with E-state index in [-0.39, 0.29) is 64.9 Å². The Morgan fingerprint density at radius 3 is 2.49 bits per heavy atom. The van der Waals surface area contributed by atoms with E-state index in [1.54, 1.807) is 35.4 Å². The first-order valence-electron chi connectivity index (χ1n) is 26.3. The number of aliphatic hydroxyl groups excluding tert-OH is 1. The van der Waals surface area contributed by atoms with Crippen LogP contribution in [-0.2, 0) is 42.6 Å². The van der Waals surface area contributed by atoms with E-state index in [0.29, 0.717) is 58.2 Å². The number of ether oxygens (including phenoxy) is 1. The van der Waals surface area contributed by atoms with E-state index in [4.69, 9.17) is 8.85 Å². The summed E-state index contributed by atoms with van der Waals surface area (Å²) in [4.78, 5) is 98.3. The number of amides is 5. The summed E-state index contributed by atoms with van der Waals surface area (Å²) in [5, 5.41) is 16.2. The lowest BCUT2D eigenvalue weighted by atomic mass is 9.90. The molecule has 3 N–H and O–H groups in total. The van der Waals surface area contributed by atoms with Gasteiger partial charge in [-0.3, -0.25) is 48.8 Å². The molecule has 19 nitrogen and oxygen atoms in total. The van der Waals surface area contributed by atoms with Crippen molar-refractivity contribution >= 4 is 58.2 Å². The van der Waals surface area contributed by atoms with Crippen LogP contribution in [-0.4, -0.2) is 127 Å². The summed E-state index contributed by atoms with van der Waals surface area (Å²) in [6, 6.07) is 11.5. The molecule has 1 aromatic carbocycles. The number of pyridine rings is 3. The van der Waals surface area contributed by atoms with Gasteiger partial charge in [-0.05, 0) is 98.0 Å². The van der Waals surface area contributed by atoms with Crippen molar-refractivity contribution in [2.24, 2.45) is 12.4 Å². The molecule has 1 aliphatic carbocycles. The van der Waals surface area contributed by atoms with Gasteiger partial charge in [0, 0.05) is 98.1 Å². The van der Waals surface area contributed by atoms with Gasteiger partial charge in [0.05, 0.1) is 41.3 Å². The number of nitrogens with zero attached hydrogens (tertiary/aromatic N) is 9. The smallest absolute Gasteiger partial charge is 0.276 e. The maximum Gasteiger partial charge on any atom is 0.276 e. The number of rotatable bonds is 8. The third-order valence-corrected chi connectivity index (χ3v) is 15.9. The summed E-state index contributed by atoms with van der Waals surface area (Å²) in [6.07, 6.45) is 8.10. The number of aromatic nitrogens is 4. The second-order valence-electron chi connectivity index (χ2n) is 21.0. The summed E-state index contributed by atoms with van der Waals surface area (Å²) >= 11 is 0. The number of hydrogen-bond donors (Lipinski definition) is 3. The van der Waals surface area contributed by atoms with Gasteiger partial charge in [0.15, 0.2) is 0 Å². The van der Waals surface area contributed by atoms with Gasteiger partial charge in [0.2, 0.25) is 11.8 Å². The Morgan fingerprint density at radius 1 is 0.889 bits per heavy atom.